The Bertz CT molecular complexity index is 142. The molecule has 0 fully saturated rings. The number of carbonyl (C=O) groups excluding carboxylic acids is 1. The number of hydrogen-bond acceptors (Lipinski definition) is 4. The van der Waals surface area contributed by atoms with Gasteiger partial charge in [-0.25, -0.2) is 4.79 Å². The van der Waals surface area contributed by atoms with Gasteiger partial charge >= 0.3 is 6.16 Å². The summed E-state index contributed by atoms with van der Waals surface area (Å²) >= 11 is 0. The second-order valence-corrected chi connectivity index (χ2v) is 2.62. The van der Waals surface area contributed by atoms with Crippen LogP contribution in [0, 0.1) is 0 Å². The molecule has 0 saturated carbocycles. The van der Waals surface area contributed by atoms with Crippen molar-refractivity contribution in [2.45, 2.75) is 33.5 Å². The Morgan fingerprint density at radius 2 is 1.83 bits per heavy atom. The van der Waals surface area contributed by atoms with Crippen LogP contribution in [0.15, 0.2) is 0 Å². The van der Waals surface area contributed by atoms with Crippen molar-refractivity contribution >= 4 is 6.16 Å². The molecule has 0 N–H and O–H groups in total. The van der Waals surface area contributed by atoms with E-state index < -0.39 is 11.9 Å². The topological polar surface area (TPSA) is 44.8 Å². The van der Waals surface area contributed by atoms with Gasteiger partial charge in [-0.05, 0) is 13.8 Å². The van der Waals surface area contributed by atoms with Crippen LogP contribution >= 0.6 is 0 Å². The Morgan fingerprint density at radius 1 is 1.25 bits per heavy atom. The predicted octanol–water partition coefficient (Wildman–Crippen LogP) is 1.93. The molecule has 0 atom stereocenters. The standard InChI is InChI=1S/C8H16O4/c1-5-10-7(9)12-8(3,4)11-6-2/h5-6H2,1-4H3. The van der Waals surface area contributed by atoms with E-state index >= 15 is 0 Å². The van der Waals surface area contributed by atoms with Crippen LogP contribution < -0.4 is 0 Å². The second kappa shape index (κ2) is 4.98. The van der Waals surface area contributed by atoms with E-state index in [1.165, 1.54) is 0 Å². The van der Waals surface area contributed by atoms with Crippen molar-refractivity contribution in [3.8, 4) is 0 Å². The molecule has 0 saturated heterocycles. The Kier molecular flexibility index (Phi) is 4.66. The lowest BCUT2D eigenvalue weighted by Gasteiger charge is -2.23. The molecule has 4 nitrogen and oxygen atoms in total. The monoisotopic (exact) mass is 176 g/mol. The Balaban J connectivity index is 3.79. The van der Waals surface area contributed by atoms with E-state index in [2.05, 4.69) is 4.74 Å². The summed E-state index contributed by atoms with van der Waals surface area (Å²) in [5.41, 5.74) is 0. The van der Waals surface area contributed by atoms with Gasteiger partial charge in [-0.1, -0.05) is 0 Å². The van der Waals surface area contributed by atoms with Gasteiger partial charge in [0.15, 0.2) is 0 Å². The molecule has 0 bridgehead atoms. The van der Waals surface area contributed by atoms with Gasteiger partial charge in [0.2, 0.25) is 5.79 Å². The highest BCUT2D eigenvalue weighted by molar-refractivity contribution is 5.60. The predicted molar refractivity (Wildman–Crippen MR) is 43.8 cm³/mol. The summed E-state index contributed by atoms with van der Waals surface area (Å²) < 4.78 is 14.5. The highest BCUT2D eigenvalue weighted by Crippen LogP contribution is 2.11. The van der Waals surface area contributed by atoms with Crippen molar-refractivity contribution in [1.82, 2.24) is 0 Å². The average molecular weight is 176 g/mol. The van der Waals surface area contributed by atoms with E-state index in [-0.39, 0.29) is 0 Å². The maximum atomic E-state index is 10.8. The highest BCUT2D eigenvalue weighted by atomic mass is 16.8. The van der Waals surface area contributed by atoms with Crippen LogP contribution in [-0.2, 0) is 14.2 Å². The maximum absolute atomic E-state index is 10.8. The van der Waals surface area contributed by atoms with Crippen LogP contribution in [0.1, 0.15) is 27.7 Å². The van der Waals surface area contributed by atoms with Crippen LogP contribution in [0.25, 0.3) is 0 Å². The minimum absolute atomic E-state index is 0.307. The molecule has 0 radical (unpaired) electrons. The van der Waals surface area contributed by atoms with Gasteiger partial charge in [-0.2, -0.15) is 0 Å². The first-order valence-corrected chi connectivity index (χ1v) is 4.01. The first-order chi connectivity index (χ1) is 5.52. The molecule has 0 aromatic carbocycles. The lowest BCUT2D eigenvalue weighted by Crippen LogP contribution is -2.31. The minimum Gasteiger partial charge on any atom is -0.435 e. The normalized spacial score (nSPS) is 11.0. The molecular formula is C8H16O4. The number of rotatable bonds is 4. The molecule has 0 aromatic heterocycles. The molecule has 0 amide bonds. The lowest BCUT2D eigenvalue weighted by atomic mass is 10.4. The first kappa shape index (κ1) is 11.2. The molecule has 0 aromatic rings. The van der Waals surface area contributed by atoms with Crippen LogP contribution in [0.2, 0.25) is 0 Å². The molecule has 0 unspecified atom stereocenters. The summed E-state index contributed by atoms with van der Waals surface area (Å²) in [6, 6.07) is 0. The van der Waals surface area contributed by atoms with Crippen LogP contribution in [-0.4, -0.2) is 25.2 Å². The van der Waals surface area contributed by atoms with E-state index in [1.807, 2.05) is 6.92 Å². The van der Waals surface area contributed by atoms with Crippen molar-refractivity contribution in [1.29, 1.82) is 0 Å². The van der Waals surface area contributed by atoms with E-state index in [9.17, 15) is 4.79 Å². The Hall–Kier alpha value is -0.770. The third kappa shape index (κ3) is 4.96. The smallest absolute Gasteiger partial charge is 0.435 e. The number of ether oxygens (including phenoxy) is 3. The fourth-order valence-electron chi connectivity index (χ4n) is 0.725. The summed E-state index contributed by atoms with van der Waals surface area (Å²) in [6.07, 6.45) is -0.698. The van der Waals surface area contributed by atoms with E-state index in [0.29, 0.717) is 13.2 Å². The van der Waals surface area contributed by atoms with Gasteiger partial charge in [0.25, 0.3) is 0 Å². The number of hydrogen-bond donors (Lipinski definition) is 0. The summed E-state index contributed by atoms with van der Waals surface area (Å²) in [4.78, 5) is 10.8. The van der Waals surface area contributed by atoms with E-state index in [0.717, 1.165) is 0 Å². The van der Waals surface area contributed by atoms with Crippen LogP contribution in [0.3, 0.4) is 0 Å². The summed E-state index contributed by atoms with van der Waals surface area (Å²) in [5.74, 6) is -0.902. The van der Waals surface area contributed by atoms with Gasteiger partial charge in [-0.15, -0.1) is 0 Å². The van der Waals surface area contributed by atoms with E-state index in [4.69, 9.17) is 9.47 Å². The van der Waals surface area contributed by atoms with Gasteiger partial charge < -0.3 is 14.2 Å². The summed E-state index contributed by atoms with van der Waals surface area (Å²) in [7, 11) is 0. The van der Waals surface area contributed by atoms with Crippen LogP contribution in [0.5, 0.6) is 0 Å². The van der Waals surface area contributed by atoms with Crippen molar-refractivity contribution in [2.75, 3.05) is 13.2 Å². The van der Waals surface area contributed by atoms with Crippen molar-refractivity contribution in [3.05, 3.63) is 0 Å². The first-order valence-electron chi connectivity index (χ1n) is 4.01. The van der Waals surface area contributed by atoms with Gasteiger partial charge in [-0.3, -0.25) is 0 Å². The molecule has 72 valence electrons. The number of carbonyl (C=O) groups is 1. The largest absolute Gasteiger partial charge is 0.510 e. The van der Waals surface area contributed by atoms with Gasteiger partial charge in [0, 0.05) is 20.5 Å². The van der Waals surface area contributed by atoms with Crippen molar-refractivity contribution < 1.29 is 19.0 Å². The third-order valence-electron chi connectivity index (χ3n) is 1.08. The molecule has 0 rings (SSSR count). The SMILES string of the molecule is CCOC(=O)OC(C)(C)OCC. The van der Waals surface area contributed by atoms with Crippen molar-refractivity contribution in [3.63, 3.8) is 0 Å². The molecule has 0 aliphatic heterocycles. The molecule has 4 heteroatoms. The zero-order valence-electron chi connectivity index (χ0n) is 8.05. The Morgan fingerprint density at radius 3 is 2.25 bits per heavy atom. The lowest BCUT2D eigenvalue weighted by molar-refractivity contribution is -0.185. The average Bonchev–Trinajstić information content (AvgIpc) is 1.85. The zero-order valence-corrected chi connectivity index (χ0v) is 8.05. The minimum atomic E-state index is -0.902. The zero-order chi connectivity index (χ0) is 9.61. The van der Waals surface area contributed by atoms with E-state index in [1.54, 1.807) is 20.8 Å². The summed E-state index contributed by atoms with van der Waals surface area (Å²) in [6.45, 7) is 7.67. The quantitative estimate of drug-likeness (QED) is 0.485. The second-order valence-electron chi connectivity index (χ2n) is 2.62. The fourth-order valence-corrected chi connectivity index (χ4v) is 0.725. The van der Waals surface area contributed by atoms with Gasteiger partial charge in [0.1, 0.15) is 0 Å². The van der Waals surface area contributed by atoms with Crippen molar-refractivity contribution in [2.24, 2.45) is 0 Å². The highest BCUT2D eigenvalue weighted by Gasteiger charge is 2.23. The molecule has 0 heterocycles. The van der Waals surface area contributed by atoms with Crippen LogP contribution in [0.4, 0.5) is 4.79 Å². The molecule has 12 heavy (non-hydrogen) atoms. The maximum Gasteiger partial charge on any atom is 0.510 e. The molecule has 0 aliphatic rings. The molecule has 0 spiro atoms. The fraction of sp³-hybridized carbons (Fsp3) is 0.875. The molecular weight excluding hydrogens is 160 g/mol. The van der Waals surface area contributed by atoms with Gasteiger partial charge in [0.05, 0.1) is 6.61 Å². The summed E-state index contributed by atoms with van der Waals surface area (Å²) in [5, 5.41) is 0. The third-order valence-corrected chi connectivity index (χ3v) is 1.08. The Labute approximate surface area is 72.8 Å². The molecule has 0 aliphatic carbocycles.